The van der Waals surface area contributed by atoms with Crippen molar-refractivity contribution in [1.29, 1.82) is 0 Å². The summed E-state index contributed by atoms with van der Waals surface area (Å²) in [5.74, 6) is 0.532. The Morgan fingerprint density at radius 2 is 2.36 bits per heavy atom. The van der Waals surface area contributed by atoms with Crippen molar-refractivity contribution in [2.75, 3.05) is 6.54 Å². The van der Waals surface area contributed by atoms with E-state index in [4.69, 9.17) is 5.73 Å². The molecule has 0 amide bonds. The van der Waals surface area contributed by atoms with E-state index in [0.29, 0.717) is 12.5 Å². The lowest BCUT2D eigenvalue weighted by Gasteiger charge is -2.04. The summed E-state index contributed by atoms with van der Waals surface area (Å²) in [5.41, 5.74) is 7.29. The summed E-state index contributed by atoms with van der Waals surface area (Å²) in [4.78, 5) is 18.4. The molecule has 0 spiro atoms. The molecule has 4 heteroatoms. The molecule has 1 aromatic rings. The number of nitrogens with zero attached hydrogens (tertiary/aromatic N) is 1. The molecule has 1 aliphatic rings. The van der Waals surface area contributed by atoms with Crippen molar-refractivity contribution in [3.05, 3.63) is 27.9 Å². The van der Waals surface area contributed by atoms with Crippen LogP contribution in [0.3, 0.4) is 0 Å². The quantitative estimate of drug-likeness (QED) is 0.733. The Morgan fingerprint density at radius 3 is 3.00 bits per heavy atom. The van der Waals surface area contributed by atoms with Crippen LogP contribution in [0, 0.1) is 0 Å². The number of H-pyrrole nitrogens is 1. The van der Waals surface area contributed by atoms with E-state index in [0.717, 1.165) is 24.1 Å². The van der Waals surface area contributed by atoms with Gasteiger partial charge in [0.25, 0.3) is 5.56 Å². The Morgan fingerprint density at radius 1 is 1.57 bits per heavy atom. The number of nitrogens with two attached hydrogens (primary N) is 1. The van der Waals surface area contributed by atoms with Gasteiger partial charge in [0.1, 0.15) is 0 Å². The maximum absolute atomic E-state index is 11.5. The number of nitrogens with one attached hydrogen (secondary N) is 1. The lowest BCUT2D eigenvalue weighted by molar-refractivity contribution is 0.791. The molecule has 1 fully saturated rings. The van der Waals surface area contributed by atoms with Crippen LogP contribution in [0.25, 0.3) is 0 Å². The second-order valence-corrected chi connectivity index (χ2v) is 3.76. The summed E-state index contributed by atoms with van der Waals surface area (Å²) in [6.07, 6.45) is 5.46. The summed E-state index contributed by atoms with van der Waals surface area (Å²) in [7, 11) is 0. The van der Waals surface area contributed by atoms with Gasteiger partial charge >= 0.3 is 0 Å². The number of rotatable bonds is 4. The molecule has 1 aliphatic carbocycles. The monoisotopic (exact) mass is 193 g/mol. The van der Waals surface area contributed by atoms with Gasteiger partial charge in [0.05, 0.1) is 12.0 Å². The van der Waals surface area contributed by atoms with Crippen molar-refractivity contribution in [2.45, 2.75) is 31.6 Å². The van der Waals surface area contributed by atoms with Crippen molar-refractivity contribution in [3.8, 4) is 0 Å². The molecule has 4 nitrogen and oxygen atoms in total. The first-order valence-electron chi connectivity index (χ1n) is 5.09. The van der Waals surface area contributed by atoms with Crippen LogP contribution in [0.2, 0.25) is 0 Å². The average molecular weight is 193 g/mol. The van der Waals surface area contributed by atoms with E-state index in [9.17, 15) is 4.79 Å². The molecule has 2 rings (SSSR count). The smallest absolute Gasteiger partial charge is 0.254 e. The minimum Gasteiger partial charge on any atom is -0.330 e. The first-order valence-corrected chi connectivity index (χ1v) is 5.09. The van der Waals surface area contributed by atoms with Crippen LogP contribution in [0.1, 0.15) is 36.4 Å². The SMILES string of the molecule is NCCCc1c(C2CC2)nc[nH]c1=O. The third-order valence-corrected chi connectivity index (χ3v) is 2.58. The van der Waals surface area contributed by atoms with E-state index in [1.165, 1.54) is 19.2 Å². The number of aromatic amines is 1. The van der Waals surface area contributed by atoms with Crippen LogP contribution in [-0.2, 0) is 6.42 Å². The highest BCUT2D eigenvalue weighted by atomic mass is 16.1. The number of hydrogen-bond acceptors (Lipinski definition) is 3. The third-order valence-electron chi connectivity index (χ3n) is 2.58. The minimum absolute atomic E-state index is 0.00958. The van der Waals surface area contributed by atoms with Gasteiger partial charge < -0.3 is 10.7 Å². The van der Waals surface area contributed by atoms with Gasteiger partial charge in [0.15, 0.2) is 0 Å². The molecular weight excluding hydrogens is 178 g/mol. The molecule has 0 unspecified atom stereocenters. The second kappa shape index (κ2) is 3.92. The van der Waals surface area contributed by atoms with E-state index in [1.807, 2.05) is 0 Å². The van der Waals surface area contributed by atoms with Gasteiger partial charge in [-0.25, -0.2) is 4.98 Å². The molecular formula is C10H15N3O. The van der Waals surface area contributed by atoms with Crippen LogP contribution < -0.4 is 11.3 Å². The van der Waals surface area contributed by atoms with Gasteiger partial charge in [-0.1, -0.05) is 0 Å². The molecule has 14 heavy (non-hydrogen) atoms. The maximum atomic E-state index is 11.5. The fourth-order valence-electron chi connectivity index (χ4n) is 1.67. The zero-order valence-electron chi connectivity index (χ0n) is 8.12. The Hall–Kier alpha value is -1.16. The van der Waals surface area contributed by atoms with Crippen LogP contribution >= 0.6 is 0 Å². The third kappa shape index (κ3) is 1.85. The van der Waals surface area contributed by atoms with Crippen molar-refractivity contribution in [1.82, 2.24) is 9.97 Å². The van der Waals surface area contributed by atoms with E-state index < -0.39 is 0 Å². The van der Waals surface area contributed by atoms with E-state index in [1.54, 1.807) is 0 Å². The Kier molecular flexibility index (Phi) is 2.63. The topological polar surface area (TPSA) is 71.8 Å². The van der Waals surface area contributed by atoms with Crippen LogP contribution in [0.5, 0.6) is 0 Å². The Bertz CT molecular complexity index is 368. The largest absolute Gasteiger partial charge is 0.330 e. The van der Waals surface area contributed by atoms with E-state index >= 15 is 0 Å². The summed E-state index contributed by atoms with van der Waals surface area (Å²) in [6, 6.07) is 0. The lowest BCUT2D eigenvalue weighted by atomic mass is 10.1. The molecule has 1 aromatic heterocycles. The standard InChI is InChI=1S/C10H15N3O/c11-5-1-2-8-9(7-3-4-7)12-6-13-10(8)14/h6-7H,1-5,11H2,(H,12,13,14). The molecule has 76 valence electrons. The molecule has 3 N–H and O–H groups in total. The summed E-state index contributed by atoms with van der Waals surface area (Å²) in [6.45, 7) is 0.623. The van der Waals surface area contributed by atoms with Crippen LogP contribution in [0.4, 0.5) is 0 Å². The van der Waals surface area contributed by atoms with Gasteiger partial charge in [-0.05, 0) is 32.2 Å². The number of aromatic nitrogens is 2. The van der Waals surface area contributed by atoms with E-state index in [-0.39, 0.29) is 5.56 Å². The van der Waals surface area contributed by atoms with Gasteiger partial charge in [-0.3, -0.25) is 4.79 Å². The predicted molar refractivity (Wildman–Crippen MR) is 54.2 cm³/mol. The summed E-state index contributed by atoms with van der Waals surface area (Å²) < 4.78 is 0. The first kappa shape index (κ1) is 9.40. The van der Waals surface area contributed by atoms with Crippen molar-refractivity contribution in [2.24, 2.45) is 5.73 Å². The molecule has 1 saturated carbocycles. The minimum atomic E-state index is 0.00958. The van der Waals surface area contributed by atoms with Gasteiger partial charge in [-0.2, -0.15) is 0 Å². The highest BCUT2D eigenvalue weighted by molar-refractivity contribution is 5.24. The molecule has 1 heterocycles. The van der Waals surface area contributed by atoms with Crippen LogP contribution in [0.15, 0.2) is 11.1 Å². The fraction of sp³-hybridized carbons (Fsp3) is 0.600. The number of hydrogen-bond donors (Lipinski definition) is 2. The lowest BCUT2D eigenvalue weighted by Crippen LogP contribution is -2.17. The van der Waals surface area contributed by atoms with Gasteiger partial charge in [0.2, 0.25) is 0 Å². The molecule has 0 aliphatic heterocycles. The van der Waals surface area contributed by atoms with Gasteiger partial charge in [0, 0.05) is 11.5 Å². The van der Waals surface area contributed by atoms with Crippen molar-refractivity contribution in [3.63, 3.8) is 0 Å². The predicted octanol–water partition coefficient (Wildman–Crippen LogP) is 0.539. The molecule has 0 atom stereocenters. The average Bonchev–Trinajstić information content (AvgIpc) is 2.99. The first-order chi connectivity index (χ1) is 6.83. The Labute approximate surface area is 82.6 Å². The zero-order valence-corrected chi connectivity index (χ0v) is 8.12. The van der Waals surface area contributed by atoms with E-state index in [2.05, 4.69) is 9.97 Å². The summed E-state index contributed by atoms with van der Waals surface area (Å²) >= 11 is 0. The molecule has 0 aromatic carbocycles. The zero-order chi connectivity index (χ0) is 9.97. The Balaban J connectivity index is 2.28. The van der Waals surface area contributed by atoms with Crippen LogP contribution in [-0.4, -0.2) is 16.5 Å². The van der Waals surface area contributed by atoms with Crippen molar-refractivity contribution < 1.29 is 0 Å². The highest BCUT2D eigenvalue weighted by Crippen LogP contribution is 2.39. The highest BCUT2D eigenvalue weighted by Gasteiger charge is 2.28. The molecule has 0 saturated heterocycles. The molecule has 0 radical (unpaired) electrons. The van der Waals surface area contributed by atoms with Gasteiger partial charge in [-0.15, -0.1) is 0 Å². The second-order valence-electron chi connectivity index (χ2n) is 3.76. The fourth-order valence-corrected chi connectivity index (χ4v) is 1.67. The summed E-state index contributed by atoms with van der Waals surface area (Å²) in [5, 5.41) is 0. The molecule has 0 bridgehead atoms. The normalized spacial score (nSPS) is 15.8. The maximum Gasteiger partial charge on any atom is 0.254 e. The van der Waals surface area contributed by atoms with Crippen molar-refractivity contribution >= 4 is 0 Å².